The lowest BCUT2D eigenvalue weighted by atomic mass is 10.0. The van der Waals surface area contributed by atoms with Gasteiger partial charge in [-0.05, 0) is 43.2 Å². The van der Waals surface area contributed by atoms with Crippen LogP contribution in [0.1, 0.15) is 40.9 Å². The molecule has 0 aliphatic rings. The first-order valence-electron chi connectivity index (χ1n) is 10.2. The molecule has 0 heterocycles. The molecule has 3 N–H and O–H groups in total. The molecule has 2 aromatic rings. The Bertz CT molecular complexity index is 1000. The number of hydrogen-bond acceptors (Lipinski definition) is 5. The largest absolute Gasteiger partial charge is 0.416 e. The van der Waals surface area contributed by atoms with Crippen molar-refractivity contribution >= 4 is 19.4 Å². The van der Waals surface area contributed by atoms with Crippen LogP contribution in [0.2, 0.25) is 0 Å². The second kappa shape index (κ2) is 11.4. The fraction of sp³-hybridized carbons (Fsp3) is 0.364. The molecule has 0 bridgehead atoms. The van der Waals surface area contributed by atoms with Gasteiger partial charge in [0.15, 0.2) is 0 Å². The molecule has 7 nitrogen and oxygen atoms in total. The Balaban J connectivity index is 2.10. The fourth-order valence-electron chi connectivity index (χ4n) is 3.08. The molecule has 0 radical (unpaired) electrons. The fourth-order valence-corrected chi connectivity index (χ4v) is 4.78. The van der Waals surface area contributed by atoms with Gasteiger partial charge in [-0.15, -0.1) is 0 Å². The average Bonchev–Trinajstić information content (AvgIpc) is 2.73. The Morgan fingerprint density at radius 3 is 2.15 bits per heavy atom. The molecule has 2 amide bonds. The van der Waals surface area contributed by atoms with Crippen LogP contribution in [0.3, 0.4) is 0 Å². The Labute approximate surface area is 190 Å². The minimum atomic E-state index is -4.53. The maximum Gasteiger partial charge on any atom is 0.416 e. The molecule has 11 heteroatoms. The second-order valence-corrected chi connectivity index (χ2v) is 9.19. The van der Waals surface area contributed by atoms with E-state index in [9.17, 15) is 27.3 Å². The van der Waals surface area contributed by atoms with Gasteiger partial charge in [-0.3, -0.25) is 14.2 Å². The van der Waals surface area contributed by atoms with E-state index in [-0.39, 0.29) is 36.9 Å². The Kier molecular flexibility index (Phi) is 9.22. The highest BCUT2D eigenvalue weighted by Crippen LogP contribution is 2.51. The van der Waals surface area contributed by atoms with Gasteiger partial charge in [0, 0.05) is 12.0 Å². The van der Waals surface area contributed by atoms with Crippen LogP contribution in [0.25, 0.3) is 0 Å². The summed E-state index contributed by atoms with van der Waals surface area (Å²) in [5.41, 5.74) is 5.50. The van der Waals surface area contributed by atoms with Crippen LogP contribution in [-0.2, 0) is 37.2 Å². The Morgan fingerprint density at radius 1 is 1.03 bits per heavy atom. The first-order chi connectivity index (χ1) is 15.5. The smallest absolute Gasteiger partial charge is 0.368 e. The second-order valence-electron chi connectivity index (χ2n) is 7.13. The third-order valence-electron chi connectivity index (χ3n) is 4.59. The van der Waals surface area contributed by atoms with Crippen LogP contribution >= 0.6 is 7.60 Å². The molecule has 1 atom stereocenters. The molecular weight excluding hydrogens is 460 g/mol. The van der Waals surface area contributed by atoms with Crippen LogP contribution < -0.4 is 11.1 Å². The first kappa shape index (κ1) is 26.6. The molecule has 0 aliphatic carbocycles. The van der Waals surface area contributed by atoms with E-state index in [2.05, 4.69) is 5.32 Å². The number of amides is 2. The van der Waals surface area contributed by atoms with Gasteiger partial charge in [-0.1, -0.05) is 30.3 Å². The van der Waals surface area contributed by atoms with Crippen LogP contribution in [0.15, 0.2) is 48.5 Å². The highest BCUT2D eigenvalue weighted by molar-refractivity contribution is 7.53. The van der Waals surface area contributed by atoms with Gasteiger partial charge in [-0.2, -0.15) is 13.2 Å². The summed E-state index contributed by atoms with van der Waals surface area (Å²) in [4.78, 5) is 24.4. The van der Waals surface area contributed by atoms with E-state index < -0.39 is 37.2 Å². The predicted molar refractivity (Wildman–Crippen MR) is 117 cm³/mol. The SMILES string of the molecule is CCOP(=O)(Cc1ccc(C(=O)N[C@@H](Cc2cccc(C(F)(F)F)c2)C(N)=O)cc1)OCC. The van der Waals surface area contributed by atoms with E-state index in [0.717, 1.165) is 12.1 Å². The topological polar surface area (TPSA) is 108 Å². The van der Waals surface area contributed by atoms with E-state index in [4.69, 9.17) is 14.8 Å². The van der Waals surface area contributed by atoms with Crippen molar-refractivity contribution in [3.05, 3.63) is 70.8 Å². The summed E-state index contributed by atoms with van der Waals surface area (Å²) in [5, 5.41) is 2.45. The molecule has 0 saturated heterocycles. The summed E-state index contributed by atoms with van der Waals surface area (Å²) in [6, 6.07) is 9.34. The number of nitrogens with one attached hydrogen (secondary N) is 1. The summed E-state index contributed by atoms with van der Waals surface area (Å²) in [6.07, 6.45) is -4.71. The molecule has 0 unspecified atom stereocenters. The molecule has 33 heavy (non-hydrogen) atoms. The number of primary amides is 1. The van der Waals surface area contributed by atoms with E-state index in [1.807, 2.05) is 0 Å². The molecule has 180 valence electrons. The van der Waals surface area contributed by atoms with Crippen LogP contribution in [-0.4, -0.2) is 31.1 Å². The Morgan fingerprint density at radius 2 is 1.64 bits per heavy atom. The van der Waals surface area contributed by atoms with Crippen molar-refractivity contribution in [2.24, 2.45) is 5.73 Å². The standard InChI is InChI=1S/C22H26F3N2O5P/c1-3-31-33(30,32-4-2)14-15-8-10-17(11-9-15)21(29)27-19(20(26)28)13-16-6-5-7-18(12-16)22(23,24)25/h5-12,19H,3-4,13-14H2,1-2H3,(H2,26,28)(H,27,29)/t19-/m0/s1. The molecule has 0 spiro atoms. The van der Waals surface area contributed by atoms with Gasteiger partial charge in [0.2, 0.25) is 5.91 Å². The first-order valence-corrected chi connectivity index (χ1v) is 11.9. The number of hydrogen-bond donors (Lipinski definition) is 2. The predicted octanol–water partition coefficient (Wildman–Crippen LogP) is 4.30. The third kappa shape index (κ3) is 7.99. The number of benzene rings is 2. The van der Waals surface area contributed by atoms with Crippen molar-refractivity contribution in [3.8, 4) is 0 Å². The van der Waals surface area contributed by atoms with Crippen molar-refractivity contribution in [2.45, 2.75) is 38.6 Å². The normalized spacial score (nSPS) is 12.9. The van der Waals surface area contributed by atoms with E-state index >= 15 is 0 Å². The summed E-state index contributed by atoms with van der Waals surface area (Å²) < 4.78 is 61.9. The molecular formula is C22H26F3N2O5P. The number of rotatable bonds is 11. The van der Waals surface area contributed by atoms with Gasteiger partial charge in [-0.25, -0.2) is 0 Å². The van der Waals surface area contributed by atoms with Crippen molar-refractivity contribution < 1.29 is 36.4 Å². The summed E-state index contributed by atoms with van der Waals surface area (Å²) in [5.74, 6) is -1.51. The molecule has 2 aromatic carbocycles. The van der Waals surface area contributed by atoms with Crippen LogP contribution in [0.4, 0.5) is 13.2 Å². The number of carbonyl (C=O) groups is 2. The minimum absolute atomic E-state index is 0.0238. The third-order valence-corrected chi connectivity index (χ3v) is 6.64. The number of carbonyl (C=O) groups excluding carboxylic acids is 2. The van der Waals surface area contributed by atoms with E-state index in [1.165, 1.54) is 24.3 Å². The number of halogens is 3. The summed E-state index contributed by atoms with van der Waals surface area (Å²) in [7, 11) is -3.31. The van der Waals surface area contributed by atoms with Crippen molar-refractivity contribution in [2.75, 3.05) is 13.2 Å². The average molecular weight is 486 g/mol. The highest BCUT2D eigenvalue weighted by atomic mass is 31.2. The van der Waals surface area contributed by atoms with E-state index in [0.29, 0.717) is 5.56 Å². The maximum atomic E-state index is 12.9. The van der Waals surface area contributed by atoms with Crippen LogP contribution in [0.5, 0.6) is 0 Å². The lowest BCUT2D eigenvalue weighted by molar-refractivity contribution is -0.137. The van der Waals surface area contributed by atoms with Crippen molar-refractivity contribution in [1.82, 2.24) is 5.32 Å². The summed E-state index contributed by atoms with van der Waals surface area (Å²) in [6.45, 7) is 3.84. The lowest BCUT2D eigenvalue weighted by Crippen LogP contribution is -2.45. The minimum Gasteiger partial charge on any atom is -0.368 e. The number of alkyl halides is 3. The highest BCUT2D eigenvalue weighted by Gasteiger charge is 2.31. The van der Waals surface area contributed by atoms with Crippen molar-refractivity contribution in [1.29, 1.82) is 0 Å². The van der Waals surface area contributed by atoms with E-state index in [1.54, 1.807) is 26.0 Å². The van der Waals surface area contributed by atoms with Crippen LogP contribution in [0, 0.1) is 0 Å². The van der Waals surface area contributed by atoms with Crippen molar-refractivity contribution in [3.63, 3.8) is 0 Å². The van der Waals surface area contributed by atoms with Gasteiger partial charge in [0.1, 0.15) is 6.04 Å². The van der Waals surface area contributed by atoms with Gasteiger partial charge in [0.05, 0.1) is 24.9 Å². The zero-order valence-corrected chi connectivity index (χ0v) is 19.1. The van der Waals surface area contributed by atoms with Gasteiger partial charge < -0.3 is 20.1 Å². The monoisotopic (exact) mass is 486 g/mol. The zero-order chi connectivity index (χ0) is 24.6. The quantitative estimate of drug-likeness (QED) is 0.461. The zero-order valence-electron chi connectivity index (χ0n) is 18.2. The molecule has 2 rings (SSSR count). The summed E-state index contributed by atoms with van der Waals surface area (Å²) >= 11 is 0. The number of nitrogens with two attached hydrogens (primary N) is 1. The van der Waals surface area contributed by atoms with Gasteiger partial charge in [0.25, 0.3) is 5.91 Å². The molecule has 0 aromatic heterocycles. The Hall–Kier alpha value is -2.68. The van der Waals surface area contributed by atoms with Gasteiger partial charge >= 0.3 is 13.8 Å². The lowest BCUT2D eigenvalue weighted by Gasteiger charge is -2.18. The maximum absolute atomic E-state index is 12.9. The molecule has 0 saturated carbocycles. The molecule has 0 fully saturated rings. The molecule has 0 aliphatic heterocycles.